The van der Waals surface area contributed by atoms with Crippen LogP contribution in [0, 0.1) is 0 Å². The Morgan fingerprint density at radius 3 is 1.83 bits per heavy atom. The van der Waals surface area contributed by atoms with Crippen molar-refractivity contribution in [3.8, 4) is 0 Å². The van der Waals surface area contributed by atoms with E-state index in [4.69, 9.17) is 4.43 Å². The molecule has 0 amide bonds. The second kappa shape index (κ2) is 7.69. The Hall–Kier alpha value is 0.177. The van der Waals surface area contributed by atoms with Crippen molar-refractivity contribution < 1.29 is 4.43 Å². The van der Waals surface area contributed by atoms with Gasteiger partial charge in [0.25, 0.3) is 0 Å². The predicted molar refractivity (Wildman–Crippen MR) is 83.6 cm³/mol. The first-order valence-corrected chi connectivity index (χ1v) is 10.4. The van der Waals surface area contributed by atoms with Crippen LogP contribution in [0.4, 0.5) is 0 Å². The molecule has 1 saturated carbocycles. The second-order valence-corrected chi connectivity index (χ2v) is 11.0. The van der Waals surface area contributed by atoms with Gasteiger partial charge in [-0.05, 0) is 23.5 Å². The van der Waals surface area contributed by atoms with Crippen molar-refractivity contribution in [2.75, 3.05) is 6.61 Å². The molecule has 2 unspecified atom stereocenters. The highest BCUT2D eigenvalue weighted by Gasteiger charge is 2.50. The minimum atomic E-state index is -1.60. The van der Waals surface area contributed by atoms with Crippen LogP contribution in [-0.2, 0) is 4.43 Å². The maximum atomic E-state index is 6.61. The number of hydrogen-bond acceptors (Lipinski definition) is 1. The van der Waals surface area contributed by atoms with Gasteiger partial charge in [-0.1, -0.05) is 72.6 Å². The van der Waals surface area contributed by atoms with Gasteiger partial charge in [0.1, 0.15) is 0 Å². The third kappa shape index (κ3) is 3.19. The van der Waals surface area contributed by atoms with Crippen LogP contribution in [0.25, 0.3) is 0 Å². The average Bonchev–Trinajstić information content (AvgIpc) is 2.44. The Kier molecular flexibility index (Phi) is 6.93. The highest BCUT2D eigenvalue weighted by Crippen LogP contribution is 2.51. The van der Waals surface area contributed by atoms with Gasteiger partial charge in [-0.25, -0.2) is 0 Å². The molecule has 0 heterocycles. The Morgan fingerprint density at radius 1 is 0.944 bits per heavy atom. The van der Waals surface area contributed by atoms with Crippen molar-refractivity contribution in [2.24, 2.45) is 0 Å². The molecule has 0 spiro atoms. The fraction of sp³-hybridized carbons (Fsp3) is 1.00. The van der Waals surface area contributed by atoms with E-state index in [0.29, 0.717) is 0 Å². The van der Waals surface area contributed by atoms with Crippen LogP contribution in [-0.4, -0.2) is 14.9 Å². The molecular weight excluding hydrogens is 236 g/mol. The normalized spacial score (nSPS) is 24.5. The van der Waals surface area contributed by atoms with Gasteiger partial charge in [0.2, 0.25) is 8.32 Å². The van der Waals surface area contributed by atoms with E-state index in [2.05, 4.69) is 34.6 Å². The largest absolute Gasteiger partial charge is 0.416 e. The maximum Gasteiger partial charge on any atom is 0.201 e. The van der Waals surface area contributed by atoms with Gasteiger partial charge >= 0.3 is 0 Å². The summed E-state index contributed by atoms with van der Waals surface area (Å²) in [7, 11) is -1.60. The molecule has 0 bridgehead atoms. The first kappa shape index (κ1) is 16.2. The molecule has 1 fully saturated rings. The van der Waals surface area contributed by atoms with Gasteiger partial charge in [0.15, 0.2) is 0 Å². The Balaban J connectivity index is 3.00. The van der Waals surface area contributed by atoms with Gasteiger partial charge in [-0.3, -0.25) is 0 Å². The molecule has 0 aromatic carbocycles. The van der Waals surface area contributed by atoms with E-state index < -0.39 is 8.32 Å². The number of rotatable bonds is 7. The number of hydrogen-bond donors (Lipinski definition) is 0. The summed E-state index contributed by atoms with van der Waals surface area (Å²) < 4.78 is 6.61. The third-order valence-electron chi connectivity index (χ3n) is 5.40. The van der Waals surface area contributed by atoms with E-state index in [-0.39, 0.29) is 0 Å². The molecule has 0 radical (unpaired) electrons. The summed E-state index contributed by atoms with van der Waals surface area (Å²) in [6.07, 6.45) is 9.83. The van der Waals surface area contributed by atoms with E-state index >= 15 is 0 Å². The fourth-order valence-electron chi connectivity index (χ4n) is 4.13. The Morgan fingerprint density at radius 2 is 1.44 bits per heavy atom. The molecule has 0 aromatic heterocycles. The van der Waals surface area contributed by atoms with Crippen LogP contribution >= 0.6 is 0 Å². The fourth-order valence-corrected chi connectivity index (χ4v) is 10.6. The van der Waals surface area contributed by atoms with Gasteiger partial charge < -0.3 is 4.43 Å². The van der Waals surface area contributed by atoms with Gasteiger partial charge in [-0.15, -0.1) is 0 Å². The molecule has 0 aromatic rings. The van der Waals surface area contributed by atoms with Crippen molar-refractivity contribution in [1.82, 2.24) is 0 Å². The lowest BCUT2D eigenvalue weighted by Gasteiger charge is -2.47. The Labute approximate surface area is 116 Å². The van der Waals surface area contributed by atoms with Crippen LogP contribution < -0.4 is 0 Å². The van der Waals surface area contributed by atoms with Crippen molar-refractivity contribution >= 4 is 8.32 Å². The Bertz CT molecular complexity index is 213. The molecular formula is C16H34OSi. The van der Waals surface area contributed by atoms with Gasteiger partial charge in [0, 0.05) is 6.61 Å². The first-order chi connectivity index (χ1) is 8.63. The van der Waals surface area contributed by atoms with Crippen LogP contribution in [0.3, 0.4) is 0 Å². The standard InChI is InChI=1S/C16H34OSi/c1-6-14(4)18(17-8-3,15(5)7-2)16-12-10-9-11-13-16/h14-16H,6-13H2,1-5H3. The predicted octanol–water partition coefficient (Wildman–Crippen LogP) is 5.90. The summed E-state index contributed by atoms with van der Waals surface area (Å²) in [6, 6.07) is 0. The molecule has 0 N–H and O–H groups in total. The maximum absolute atomic E-state index is 6.61. The third-order valence-corrected chi connectivity index (χ3v) is 11.9. The summed E-state index contributed by atoms with van der Waals surface area (Å²) in [4.78, 5) is 0. The van der Waals surface area contributed by atoms with Crippen LogP contribution in [0.1, 0.15) is 79.6 Å². The summed E-state index contributed by atoms with van der Waals surface area (Å²) in [5.74, 6) is 0. The summed E-state index contributed by atoms with van der Waals surface area (Å²) in [5, 5.41) is 0. The van der Waals surface area contributed by atoms with Crippen molar-refractivity contribution in [3.63, 3.8) is 0 Å². The minimum Gasteiger partial charge on any atom is -0.416 e. The van der Waals surface area contributed by atoms with Gasteiger partial charge in [0.05, 0.1) is 0 Å². The van der Waals surface area contributed by atoms with Crippen LogP contribution in [0.2, 0.25) is 16.6 Å². The minimum absolute atomic E-state index is 0.815. The molecule has 18 heavy (non-hydrogen) atoms. The van der Waals surface area contributed by atoms with E-state index in [1.807, 2.05) is 0 Å². The zero-order valence-electron chi connectivity index (χ0n) is 13.3. The summed E-state index contributed by atoms with van der Waals surface area (Å²) in [5.41, 5.74) is 2.56. The molecule has 1 aliphatic rings. The first-order valence-electron chi connectivity index (χ1n) is 8.27. The zero-order chi connectivity index (χ0) is 13.6. The van der Waals surface area contributed by atoms with E-state index in [0.717, 1.165) is 23.2 Å². The second-order valence-electron chi connectivity index (χ2n) is 6.24. The highest BCUT2D eigenvalue weighted by atomic mass is 28.4. The summed E-state index contributed by atoms with van der Waals surface area (Å²) in [6.45, 7) is 12.8. The van der Waals surface area contributed by atoms with E-state index in [9.17, 15) is 0 Å². The molecule has 108 valence electrons. The van der Waals surface area contributed by atoms with Crippen molar-refractivity contribution in [3.05, 3.63) is 0 Å². The highest BCUT2D eigenvalue weighted by molar-refractivity contribution is 6.78. The van der Waals surface area contributed by atoms with Crippen molar-refractivity contribution in [2.45, 2.75) is 96.2 Å². The van der Waals surface area contributed by atoms with Crippen molar-refractivity contribution in [1.29, 1.82) is 0 Å². The molecule has 0 saturated heterocycles. The smallest absolute Gasteiger partial charge is 0.201 e. The topological polar surface area (TPSA) is 9.23 Å². The summed E-state index contributed by atoms with van der Waals surface area (Å²) >= 11 is 0. The van der Waals surface area contributed by atoms with Crippen LogP contribution in [0.15, 0.2) is 0 Å². The van der Waals surface area contributed by atoms with E-state index in [1.54, 1.807) is 0 Å². The average molecular weight is 271 g/mol. The molecule has 0 aliphatic heterocycles. The van der Waals surface area contributed by atoms with E-state index in [1.165, 1.54) is 44.9 Å². The lowest BCUT2D eigenvalue weighted by Crippen LogP contribution is -2.51. The molecule has 1 rings (SSSR count). The molecule has 2 heteroatoms. The molecule has 2 atom stereocenters. The molecule has 1 aliphatic carbocycles. The monoisotopic (exact) mass is 270 g/mol. The molecule has 1 nitrogen and oxygen atoms in total. The zero-order valence-corrected chi connectivity index (χ0v) is 14.3. The lowest BCUT2D eigenvalue weighted by molar-refractivity contribution is 0.274. The lowest BCUT2D eigenvalue weighted by atomic mass is 10.0. The van der Waals surface area contributed by atoms with Crippen LogP contribution in [0.5, 0.6) is 0 Å². The SMILES string of the molecule is CCO[Si](C(C)CC)(C(C)CC)C1CCCCC1. The quantitative estimate of drug-likeness (QED) is 0.523. The van der Waals surface area contributed by atoms with Gasteiger partial charge in [-0.2, -0.15) is 0 Å².